The number of ketones is 1. The molecule has 2 N–H and O–H groups in total. The molecule has 6 nitrogen and oxygen atoms in total. The maximum atomic E-state index is 13.4. The third-order valence-electron chi connectivity index (χ3n) is 7.72. The fraction of sp³-hybridized carbons (Fsp3) is 0.810. The van der Waals surface area contributed by atoms with E-state index in [9.17, 15) is 19.8 Å². The molecule has 7 atom stereocenters. The van der Waals surface area contributed by atoms with Crippen molar-refractivity contribution < 1.29 is 29.3 Å². The summed E-state index contributed by atoms with van der Waals surface area (Å²) in [5, 5.41) is 22.5. The minimum Gasteiger partial charge on any atom is -0.457 e. The highest BCUT2D eigenvalue weighted by Crippen LogP contribution is 2.66. The van der Waals surface area contributed by atoms with Crippen LogP contribution >= 0.6 is 0 Å². The molecule has 3 fully saturated rings. The van der Waals surface area contributed by atoms with Gasteiger partial charge in [0.05, 0.1) is 18.1 Å². The summed E-state index contributed by atoms with van der Waals surface area (Å²) in [6.45, 7) is 9.06. The smallest absolute Gasteiger partial charge is 0.303 e. The number of aliphatic hydroxyl groups is 2. The third kappa shape index (κ3) is 2.42. The van der Waals surface area contributed by atoms with Gasteiger partial charge in [0.2, 0.25) is 0 Å². The number of carbonyl (C=O) groups is 2. The second-order valence-corrected chi connectivity index (χ2v) is 10.1. The molecule has 4 rings (SSSR count). The predicted molar refractivity (Wildman–Crippen MR) is 96.7 cm³/mol. The van der Waals surface area contributed by atoms with E-state index in [1.165, 1.54) is 6.92 Å². The first kappa shape index (κ1) is 19.1. The number of esters is 1. The van der Waals surface area contributed by atoms with Crippen molar-refractivity contribution in [3.8, 4) is 0 Å². The van der Waals surface area contributed by atoms with Crippen LogP contribution in [0.5, 0.6) is 0 Å². The van der Waals surface area contributed by atoms with E-state index in [-0.39, 0.29) is 17.6 Å². The molecule has 3 aliphatic carbocycles. The van der Waals surface area contributed by atoms with Crippen molar-refractivity contribution in [1.29, 1.82) is 0 Å². The minimum atomic E-state index is -1.20. The molecule has 4 aliphatic rings. The molecule has 0 aromatic rings. The highest BCUT2D eigenvalue weighted by Gasteiger charge is 2.74. The third-order valence-corrected chi connectivity index (χ3v) is 7.72. The summed E-state index contributed by atoms with van der Waals surface area (Å²) in [7, 11) is 0. The SMILES string of the molecule is CC(=O)O[C@H]1[C@@H](O)C2C(C)(C)CC[C@H](O)C2(C)C2C(=O)CC3(C=C3)O[C@@]21C. The van der Waals surface area contributed by atoms with Crippen molar-refractivity contribution in [1.82, 2.24) is 0 Å². The molecular weight excluding hydrogens is 348 g/mol. The van der Waals surface area contributed by atoms with E-state index in [1.807, 2.05) is 19.1 Å². The quantitative estimate of drug-likeness (QED) is 0.534. The topological polar surface area (TPSA) is 93.1 Å². The lowest BCUT2D eigenvalue weighted by atomic mass is 9.42. The van der Waals surface area contributed by atoms with E-state index in [4.69, 9.17) is 9.47 Å². The summed E-state index contributed by atoms with van der Waals surface area (Å²) in [6, 6.07) is 0. The van der Waals surface area contributed by atoms with Crippen LogP contribution in [0.3, 0.4) is 0 Å². The summed E-state index contributed by atoms with van der Waals surface area (Å²) in [4.78, 5) is 25.3. The van der Waals surface area contributed by atoms with Crippen LogP contribution in [-0.2, 0) is 19.1 Å². The Kier molecular flexibility index (Phi) is 3.84. The van der Waals surface area contributed by atoms with Gasteiger partial charge >= 0.3 is 5.97 Å². The van der Waals surface area contributed by atoms with Crippen molar-refractivity contribution in [3.63, 3.8) is 0 Å². The zero-order chi connectivity index (χ0) is 20.0. The van der Waals surface area contributed by atoms with Crippen molar-refractivity contribution in [2.75, 3.05) is 0 Å². The van der Waals surface area contributed by atoms with Gasteiger partial charge in [0.15, 0.2) is 6.10 Å². The molecule has 27 heavy (non-hydrogen) atoms. The Hall–Kier alpha value is -1.24. The van der Waals surface area contributed by atoms with Gasteiger partial charge in [-0.3, -0.25) is 9.59 Å². The number of fused-ring (bicyclic) bond motifs is 3. The number of carbonyl (C=O) groups excluding carboxylic acids is 2. The van der Waals surface area contributed by atoms with Crippen LogP contribution < -0.4 is 0 Å². The van der Waals surface area contributed by atoms with Crippen LogP contribution in [0.4, 0.5) is 0 Å². The first-order valence-corrected chi connectivity index (χ1v) is 9.84. The van der Waals surface area contributed by atoms with E-state index >= 15 is 0 Å². The maximum absolute atomic E-state index is 13.4. The zero-order valence-electron chi connectivity index (χ0n) is 16.7. The normalized spacial score (nSPS) is 49.3. The second kappa shape index (κ2) is 5.43. The van der Waals surface area contributed by atoms with Crippen molar-refractivity contribution >= 4 is 11.8 Å². The first-order valence-electron chi connectivity index (χ1n) is 9.84. The molecule has 150 valence electrons. The van der Waals surface area contributed by atoms with Crippen LogP contribution in [0, 0.1) is 22.7 Å². The Bertz CT molecular complexity index is 720. The summed E-state index contributed by atoms with van der Waals surface area (Å²) in [6.07, 6.45) is 2.44. The van der Waals surface area contributed by atoms with Crippen molar-refractivity contribution in [3.05, 3.63) is 12.2 Å². The van der Waals surface area contributed by atoms with Gasteiger partial charge in [-0.1, -0.05) is 20.8 Å². The lowest BCUT2D eigenvalue weighted by molar-refractivity contribution is -0.314. The van der Waals surface area contributed by atoms with Gasteiger partial charge in [-0.25, -0.2) is 0 Å². The monoisotopic (exact) mass is 378 g/mol. The Balaban J connectivity index is 1.89. The lowest BCUT2D eigenvalue weighted by Crippen LogP contribution is -2.77. The van der Waals surface area contributed by atoms with E-state index in [1.54, 1.807) is 6.92 Å². The summed E-state index contributed by atoms with van der Waals surface area (Å²) < 4.78 is 12.0. The molecule has 1 spiro atoms. The molecule has 0 aromatic carbocycles. The Morgan fingerprint density at radius 1 is 1.22 bits per heavy atom. The van der Waals surface area contributed by atoms with Crippen molar-refractivity contribution in [2.24, 2.45) is 22.7 Å². The van der Waals surface area contributed by atoms with Crippen LogP contribution in [0.2, 0.25) is 0 Å². The largest absolute Gasteiger partial charge is 0.457 e. The van der Waals surface area contributed by atoms with E-state index in [0.717, 1.165) is 6.42 Å². The van der Waals surface area contributed by atoms with Gasteiger partial charge in [0.25, 0.3) is 0 Å². The molecule has 1 aliphatic heterocycles. The number of hydrogen-bond acceptors (Lipinski definition) is 6. The average Bonchev–Trinajstić information content (AvgIpc) is 3.24. The summed E-state index contributed by atoms with van der Waals surface area (Å²) in [5.41, 5.74) is -3.12. The zero-order valence-corrected chi connectivity index (χ0v) is 16.7. The molecular formula is C21H30O6. The molecule has 0 bridgehead atoms. The van der Waals surface area contributed by atoms with Crippen molar-refractivity contribution in [2.45, 2.75) is 83.4 Å². The van der Waals surface area contributed by atoms with Gasteiger partial charge in [-0.05, 0) is 37.3 Å². The molecule has 3 unspecified atom stereocenters. The molecule has 6 heteroatoms. The van der Waals surface area contributed by atoms with Gasteiger partial charge in [0.1, 0.15) is 17.0 Å². The number of rotatable bonds is 1. The molecule has 1 heterocycles. The maximum Gasteiger partial charge on any atom is 0.303 e. The predicted octanol–water partition coefficient (Wildman–Crippen LogP) is 1.77. The van der Waals surface area contributed by atoms with Gasteiger partial charge in [-0.15, -0.1) is 0 Å². The highest BCUT2D eigenvalue weighted by atomic mass is 16.6. The van der Waals surface area contributed by atoms with Crippen LogP contribution in [0.1, 0.15) is 53.9 Å². The Morgan fingerprint density at radius 3 is 2.41 bits per heavy atom. The van der Waals surface area contributed by atoms with E-state index in [0.29, 0.717) is 6.42 Å². The molecule has 2 saturated carbocycles. The number of aliphatic hydroxyl groups excluding tert-OH is 2. The Labute approximate surface area is 159 Å². The van der Waals surface area contributed by atoms with E-state index < -0.39 is 52.7 Å². The lowest BCUT2D eigenvalue weighted by Gasteiger charge is -2.67. The number of ether oxygens (including phenoxy) is 2. The fourth-order valence-electron chi connectivity index (χ4n) is 6.77. The van der Waals surface area contributed by atoms with Gasteiger partial charge < -0.3 is 19.7 Å². The standard InChI is InChI=1S/C21H30O6/c1-11(22)26-17-14(25)16-18(2,3)7-6-13(24)19(16,4)15-12(23)10-21(8-9-21)27-20(15,17)5/h8-9,13-17,24-25H,6-7,10H2,1-5H3/t13-,14-,15?,16?,17-,19?,20-/m0/s1. The fourth-order valence-corrected chi connectivity index (χ4v) is 6.77. The van der Waals surface area contributed by atoms with Gasteiger partial charge in [0, 0.05) is 24.7 Å². The van der Waals surface area contributed by atoms with E-state index in [2.05, 4.69) is 13.8 Å². The molecule has 1 saturated heterocycles. The average molecular weight is 378 g/mol. The molecule has 0 amide bonds. The second-order valence-electron chi connectivity index (χ2n) is 10.1. The first-order chi connectivity index (χ1) is 12.4. The van der Waals surface area contributed by atoms with Gasteiger partial charge in [-0.2, -0.15) is 0 Å². The van der Waals surface area contributed by atoms with Crippen LogP contribution in [0.25, 0.3) is 0 Å². The number of Topliss-reactive ketones (excluding diaryl/α,β-unsaturated/α-hetero) is 1. The number of hydrogen-bond donors (Lipinski definition) is 2. The Morgan fingerprint density at radius 2 is 1.85 bits per heavy atom. The minimum absolute atomic E-state index is 0.00190. The van der Waals surface area contributed by atoms with Crippen LogP contribution in [0.15, 0.2) is 12.2 Å². The summed E-state index contributed by atoms with van der Waals surface area (Å²) >= 11 is 0. The summed E-state index contributed by atoms with van der Waals surface area (Å²) in [5.74, 6) is -1.58. The highest BCUT2D eigenvalue weighted by molar-refractivity contribution is 5.87. The van der Waals surface area contributed by atoms with Crippen LogP contribution in [-0.4, -0.2) is 51.5 Å². The molecule has 0 aromatic heterocycles. The molecule has 0 radical (unpaired) electrons.